The molecule has 3 rings (SSSR count). The summed E-state index contributed by atoms with van der Waals surface area (Å²) in [5.74, 6) is -0.462. The maximum Gasteiger partial charge on any atom is 0.434 e. The van der Waals surface area contributed by atoms with Gasteiger partial charge in [0.15, 0.2) is 5.69 Å². The maximum absolute atomic E-state index is 13.4. The van der Waals surface area contributed by atoms with Gasteiger partial charge in [-0.15, -0.1) is 11.3 Å². The first-order chi connectivity index (χ1) is 15.6. The molecule has 2 amide bonds. The minimum atomic E-state index is -4.61. The van der Waals surface area contributed by atoms with E-state index in [0.717, 1.165) is 11.3 Å². The summed E-state index contributed by atoms with van der Waals surface area (Å²) in [6.45, 7) is 5.29. The second-order valence-electron chi connectivity index (χ2n) is 6.70. The topological polar surface area (TPSA) is 106 Å². The number of esters is 1. The van der Waals surface area contributed by atoms with Crippen molar-refractivity contribution in [3.63, 3.8) is 0 Å². The number of aryl methyl sites for hydroxylation is 1. The first kappa shape index (κ1) is 24.1. The van der Waals surface area contributed by atoms with Crippen LogP contribution in [-0.2, 0) is 10.9 Å². The summed E-state index contributed by atoms with van der Waals surface area (Å²) >= 11 is 0.860. The first-order valence-corrected chi connectivity index (χ1v) is 10.7. The van der Waals surface area contributed by atoms with E-state index in [-0.39, 0.29) is 27.9 Å². The summed E-state index contributed by atoms with van der Waals surface area (Å²) in [6.07, 6.45) is -0.452. The van der Waals surface area contributed by atoms with Crippen LogP contribution in [0.2, 0.25) is 0 Å². The van der Waals surface area contributed by atoms with Gasteiger partial charge in [0.1, 0.15) is 10.8 Å². The van der Waals surface area contributed by atoms with E-state index >= 15 is 0 Å². The van der Waals surface area contributed by atoms with Crippen LogP contribution >= 0.6 is 11.3 Å². The lowest BCUT2D eigenvalue weighted by Gasteiger charge is -2.12. The van der Waals surface area contributed by atoms with E-state index in [0.29, 0.717) is 23.2 Å². The van der Waals surface area contributed by atoms with E-state index < -0.39 is 23.9 Å². The molecule has 3 aromatic rings. The molecule has 8 nitrogen and oxygen atoms in total. The second kappa shape index (κ2) is 9.94. The van der Waals surface area contributed by atoms with Gasteiger partial charge in [-0.2, -0.15) is 13.2 Å². The molecule has 0 unspecified atom stereocenters. The molecule has 3 aromatic heterocycles. The van der Waals surface area contributed by atoms with Crippen molar-refractivity contribution in [2.75, 3.05) is 18.5 Å². The fraction of sp³-hybridized carbons (Fsp3) is 0.286. The molecular formula is C21H20F3N5O3S. The summed E-state index contributed by atoms with van der Waals surface area (Å²) in [4.78, 5) is 36.1. The molecule has 0 aliphatic carbocycles. The molecule has 2 N–H and O–H groups in total. The first-order valence-electron chi connectivity index (χ1n) is 9.86. The van der Waals surface area contributed by atoms with Crippen molar-refractivity contribution in [1.29, 1.82) is 0 Å². The third-order valence-corrected chi connectivity index (χ3v) is 5.34. The summed E-state index contributed by atoms with van der Waals surface area (Å²) < 4.78 is 45.1. The molecule has 0 atom stereocenters. The second-order valence-corrected chi connectivity index (χ2v) is 7.91. The van der Waals surface area contributed by atoms with Crippen LogP contribution in [0.5, 0.6) is 0 Å². The number of hydrogen-bond acceptors (Lipinski definition) is 7. The Morgan fingerprint density at radius 2 is 1.88 bits per heavy atom. The number of carbonyl (C=O) groups is 2. The molecule has 0 aromatic carbocycles. The number of aromatic nitrogens is 3. The Hall–Kier alpha value is -3.54. The minimum Gasteiger partial charge on any atom is -0.462 e. The highest BCUT2D eigenvalue weighted by molar-refractivity contribution is 7.15. The number of pyridine rings is 2. The molecule has 12 heteroatoms. The SMILES string of the molecule is CCNC(=O)Nc1cc(-c2nc(C(F)(F)F)c(C)s2)c(-c2cncc(C(=O)OCC)c2)cn1. The smallest absolute Gasteiger partial charge is 0.434 e. The number of amides is 2. The summed E-state index contributed by atoms with van der Waals surface area (Å²) in [7, 11) is 0. The van der Waals surface area contributed by atoms with Crippen LogP contribution in [0.3, 0.4) is 0 Å². The predicted octanol–water partition coefficient (Wildman–Crippen LogP) is 4.91. The largest absolute Gasteiger partial charge is 0.462 e. The number of thiazole rings is 1. The van der Waals surface area contributed by atoms with Crippen molar-refractivity contribution in [1.82, 2.24) is 20.3 Å². The van der Waals surface area contributed by atoms with E-state index in [4.69, 9.17) is 4.74 Å². The van der Waals surface area contributed by atoms with Crippen LogP contribution in [0.15, 0.2) is 30.7 Å². The number of halogens is 3. The Labute approximate surface area is 191 Å². The number of rotatable bonds is 6. The van der Waals surface area contributed by atoms with E-state index in [9.17, 15) is 22.8 Å². The summed E-state index contributed by atoms with van der Waals surface area (Å²) in [5.41, 5.74) is 0.299. The van der Waals surface area contributed by atoms with E-state index in [2.05, 4.69) is 25.6 Å². The number of nitrogens with zero attached hydrogens (tertiary/aromatic N) is 3. The molecule has 0 saturated carbocycles. The molecule has 0 aliphatic heterocycles. The van der Waals surface area contributed by atoms with Gasteiger partial charge in [0.05, 0.1) is 12.2 Å². The Morgan fingerprint density at radius 3 is 2.52 bits per heavy atom. The van der Waals surface area contributed by atoms with Crippen LogP contribution < -0.4 is 10.6 Å². The lowest BCUT2D eigenvalue weighted by Crippen LogP contribution is -2.28. The van der Waals surface area contributed by atoms with E-state index in [1.54, 1.807) is 13.8 Å². The average molecular weight is 479 g/mol. The van der Waals surface area contributed by atoms with Crippen LogP contribution in [0, 0.1) is 6.92 Å². The Bertz CT molecular complexity index is 1180. The van der Waals surface area contributed by atoms with Gasteiger partial charge in [-0.1, -0.05) is 0 Å². The zero-order valence-electron chi connectivity index (χ0n) is 17.9. The van der Waals surface area contributed by atoms with Gasteiger partial charge in [-0.25, -0.2) is 19.6 Å². The van der Waals surface area contributed by atoms with Crippen LogP contribution in [-0.4, -0.2) is 40.1 Å². The fourth-order valence-corrected chi connectivity index (χ4v) is 3.90. The molecule has 0 fully saturated rings. The van der Waals surface area contributed by atoms with Crippen LogP contribution in [0.1, 0.15) is 34.8 Å². The van der Waals surface area contributed by atoms with E-state index in [1.807, 2.05) is 0 Å². The standard InChI is InChI=1S/C21H20F3N5O3S/c1-4-26-20(31)28-16-7-14(18-29-17(11(3)33-18)21(22,23)24)15(10-27-16)12-6-13(9-25-8-12)19(30)32-5-2/h6-10H,4-5H2,1-3H3,(H2,26,27,28,31). The van der Waals surface area contributed by atoms with Gasteiger partial charge < -0.3 is 10.1 Å². The molecule has 0 bridgehead atoms. The van der Waals surface area contributed by atoms with Gasteiger partial charge in [0.2, 0.25) is 0 Å². The number of hydrogen-bond donors (Lipinski definition) is 2. The maximum atomic E-state index is 13.4. The van der Waals surface area contributed by atoms with Crippen LogP contribution in [0.4, 0.5) is 23.8 Å². The molecule has 3 heterocycles. The van der Waals surface area contributed by atoms with Crippen molar-refractivity contribution >= 4 is 29.2 Å². The third-order valence-electron chi connectivity index (χ3n) is 4.34. The van der Waals surface area contributed by atoms with Crippen molar-refractivity contribution in [3.8, 4) is 21.7 Å². The Morgan fingerprint density at radius 1 is 1.12 bits per heavy atom. The molecule has 0 aliphatic rings. The number of ether oxygens (including phenoxy) is 1. The molecule has 0 spiro atoms. The third kappa shape index (κ3) is 5.64. The molecular weight excluding hydrogens is 459 g/mol. The minimum absolute atomic E-state index is 0.00287. The number of alkyl halides is 3. The average Bonchev–Trinajstić information content (AvgIpc) is 3.16. The van der Waals surface area contributed by atoms with Crippen molar-refractivity contribution < 1.29 is 27.5 Å². The quantitative estimate of drug-likeness (QED) is 0.487. The highest BCUT2D eigenvalue weighted by atomic mass is 32.1. The Balaban J connectivity index is 2.14. The Kier molecular flexibility index (Phi) is 7.26. The van der Waals surface area contributed by atoms with E-state index in [1.165, 1.54) is 37.6 Å². The molecule has 0 radical (unpaired) electrons. The van der Waals surface area contributed by atoms with Gasteiger partial charge in [0.25, 0.3) is 0 Å². The molecule has 174 valence electrons. The highest BCUT2D eigenvalue weighted by Gasteiger charge is 2.36. The predicted molar refractivity (Wildman–Crippen MR) is 117 cm³/mol. The number of urea groups is 1. The monoisotopic (exact) mass is 479 g/mol. The number of anilines is 1. The molecule has 33 heavy (non-hydrogen) atoms. The summed E-state index contributed by atoms with van der Waals surface area (Å²) in [6, 6.07) is 2.43. The normalized spacial score (nSPS) is 11.2. The van der Waals surface area contributed by atoms with Gasteiger partial charge in [-0.05, 0) is 32.9 Å². The van der Waals surface area contributed by atoms with Crippen molar-refractivity contribution in [3.05, 3.63) is 46.9 Å². The summed E-state index contributed by atoms with van der Waals surface area (Å²) in [5, 5.41) is 5.17. The lowest BCUT2D eigenvalue weighted by molar-refractivity contribution is -0.141. The lowest BCUT2D eigenvalue weighted by atomic mass is 10.0. The van der Waals surface area contributed by atoms with Gasteiger partial charge in [0, 0.05) is 46.7 Å². The number of nitrogens with one attached hydrogen (secondary N) is 2. The molecule has 0 saturated heterocycles. The zero-order valence-corrected chi connectivity index (χ0v) is 18.7. The van der Waals surface area contributed by atoms with Crippen molar-refractivity contribution in [2.45, 2.75) is 26.9 Å². The van der Waals surface area contributed by atoms with Gasteiger partial charge >= 0.3 is 18.2 Å². The van der Waals surface area contributed by atoms with Gasteiger partial charge in [-0.3, -0.25) is 10.3 Å². The fourth-order valence-electron chi connectivity index (χ4n) is 2.94. The van der Waals surface area contributed by atoms with Crippen molar-refractivity contribution in [2.24, 2.45) is 0 Å². The highest BCUT2D eigenvalue weighted by Crippen LogP contribution is 2.40. The number of carbonyl (C=O) groups excluding carboxylic acids is 2. The van der Waals surface area contributed by atoms with Crippen LogP contribution in [0.25, 0.3) is 21.7 Å². The zero-order chi connectivity index (χ0) is 24.2.